The molecule has 0 saturated carbocycles. The Morgan fingerprint density at radius 3 is 2.47 bits per heavy atom. The largest absolute Gasteiger partial charge is 0.494 e. The van der Waals surface area contributed by atoms with E-state index in [1.165, 1.54) is 0 Å². The summed E-state index contributed by atoms with van der Waals surface area (Å²) < 4.78 is 7.85. The highest BCUT2D eigenvalue weighted by Gasteiger charge is 2.19. The summed E-state index contributed by atoms with van der Waals surface area (Å²) in [6.45, 7) is 8.90. The average molecular weight is 449 g/mol. The number of H-pyrrole nitrogens is 1. The highest BCUT2D eigenvalue weighted by atomic mass is 35.5. The predicted molar refractivity (Wildman–Crippen MR) is 131 cm³/mol. The van der Waals surface area contributed by atoms with Crippen molar-refractivity contribution in [3.8, 4) is 11.4 Å². The second-order valence-corrected chi connectivity index (χ2v) is 7.61. The van der Waals surface area contributed by atoms with Gasteiger partial charge in [0.15, 0.2) is 5.82 Å². The molecule has 7 nitrogen and oxygen atoms in total. The van der Waals surface area contributed by atoms with E-state index >= 15 is 0 Å². The fourth-order valence-corrected chi connectivity index (χ4v) is 4.28. The van der Waals surface area contributed by atoms with Gasteiger partial charge in [-0.1, -0.05) is 0 Å². The molecular weight excluding hydrogens is 424 g/mol. The Kier molecular flexibility index (Phi) is 5.76. The third-order valence-corrected chi connectivity index (χ3v) is 5.65. The minimum atomic E-state index is 0. The number of nitrogens with zero attached hydrogens (tertiary/aromatic N) is 4. The third kappa shape index (κ3) is 3.54. The van der Waals surface area contributed by atoms with E-state index in [1.54, 1.807) is 0 Å². The standard InChI is InChI=1S/C24H24N6O.ClH/c1-5-31-20-9-7-19(8-10-20)30-15(3)22-14(2)27-29-24(23(22)16(30)4)26-18-6-11-21-17(12-18)13-25-28-21;/h6-13H,5H2,1-4H3,(H,25,28)(H,26,29);1H. The van der Waals surface area contributed by atoms with Crippen molar-refractivity contribution >= 4 is 45.6 Å². The fraction of sp³-hybridized carbons (Fsp3) is 0.208. The summed E-state index contributed by atoms with van der Waals surface area (Å²) in [6.07, 6.45) is 1.81. The van der Waals surface area contributed by atoms with Gasteiger partial charge in [-0.25, -0.2) is 0 Å². The molecule has 0 saturated heterocycles. The first-order valence-electron chi connectivity index (χ1n) is 10.3. The number of ether oxygens (including phenoxy) is 1. The van der Waals surface area contributed by atoms with Crippen LogP contribution >= 0.6 is 12.4 Å². The van der Waals surface area contributed by atoms with Crippen LogP contribution in [0.25, 0.3) is 27.4 Å². The molecule has 164 valence electrons. The molecule has 3 aromatic heterocycles. The summed E-state index contributed by atoms with van der Waals surface area (Å²) in [4.78, 5) is 0. The van der Waals surface area contributed by atoms with E-state index in [0.29, 0.717) is 6.61 Å². The monoisotopic (exact) mass is 448 g/mol. The molecule has 0 radical (unpaired) electrons. The first-order valence-corrected chi connectivity index (χ1v) is 10.3. The van der Waals surface area contributed by atoms with Crippen LogP contribution in [0.5, 0.6) is 5.75 Å². The molecule has 3 heterocycles. The number of benzene rings is 2. The average Bonchev–Trinajstić information content (AvgIpc) is 3.33. The maximum Gasteiger partial charge on any atom is 0.162 e. The topological polar surface area (TPSA) is 80.6 Å². The molecule has 0 aliphatic rings. The maximum atomic E-state index is 5.60. The van der Waals surface area contributed by atoms with Gasteiger partial charge in [-0.05, 0) is 70.2 Å². The minimum Gasteiger partial charge on any atom is -0.494 e. The zero-order valence-electron chi connectivity index (χ0n) is 18.4. The number of anilines is 2. The molecule has 2 aromatic carbocycles. The molecule has 0 aliphatic carbocycles. The molecule has 0 bridgehead atoms. The lowest BCUT2D eigenvalue weighted by Crippen LogP contribution is -2.00. The highest BCUT2D eigenvalue weighted by Crippen LogP contribution is 2.35. The molecule has 2 N–H and O–H groups in total. The lowest BCUT2D eigenvalue weighted by molar-refractivity contribution is 0.340. The number of hydrogen-bond donors (Lipinski definition) is 2. The molecule has 0 aliphatic heterocycles. The van der Waals surface area contributed by atoms with Crippen LogP contribution in [0.3, 0.4) is 0 Å². The Hall–Kier alpha value is -3.58. The molecule has 0 unspecified atom stereocenters. The van der Waals surface area contributed by atoms with Gasteiger partial charge in [-0.2, -0.15) is 10.2 Å². The van der Waals surface area contributed by atoms with E-state index in [2.05, 4.69) is 62.3 Å². The van der Waals surface area contributed by atoms with Crippen LogP contribution in [0, 0.1) is 20.8 Å². The van der Waals surface area contributed by atoms with Crippen molar-refractivity contribution in [2.75, 3.05) is 11.9 Å². The first kappa shape index (κ1) is 21.6. The van der Waals surface area contributed by atoms with Crippen LogP contribution < -0.4 is 10.1 Å². The van der Waals surface area contributed by atoms with Crippen molar-refractivity contribution < 1.29 is 4.74 Å². The van der Waals surface area contributed by atoms with Crippen molar-refractivity contribution in [3.05, 3.63) is 65.7 Å². The molecule has 5 rings (SSSR count). The quantitative estimate of drug-likeness (QED) is 0.356. The van der Waals surface area contributed by atoms with Crippen LogP contribution in [-0.2, 0) is 0 Å². The number of rotatable bonds is 5. The number of aryl methyl sites for hydroxylation is 3. The van der Waals surface area contributed by atoms with E-state index in [-0.39, 0.29) is 12.4 Å². The zero-order chi connectivity index (χ0) is 21.5. The molecule has 32 heavy (non-hydrogen) atoms. The van der Waals surface area contributed by atoms with Crippen LogP contribution in [0.15, 0.2) is 48.7 Å². The van der Waals surface area contributed by atoms with Gasteiger partial charge in [0.2, 0.25) is 0 Å². The normalized spacial score (nSPS) is 11.0. The predicted octanol–water partition coefficient (Wildman–Crippen LogP) is 5.79. The number of aromatic nitrogens is 5. The number of aromatic amines is 1. The van der Waals surface area contributed by atoms with Crippen LogP contribution in [0.4, 0.5) is 11.5 Å². The molecule has 0 spiro atoms. The van der Waals surface area contributed by atoms with Crippen molar-refractivity contribution in [2.45, 2.75) is 27.7 Å². The third-order valence-electron chi connectivity index (χ3n) is 5.65. The minimum absolute atomic E-state index is 0. The van der Waals surface area contributed by atoms with Crippen molar-refractivity contribution in [2.24, 2.45) is 0 Å². The summed E-state index contributed by atoms with van der Waals surface area (Å²) in [6, 6.07) is 14.3. The lowest BCUT2D eigenvalue weighted by atomic mass is 10.1. The number of halogens is 1. The number of hydrogen-bond acceptors (Lipinski definition) is 5. The summed E-state index contributed by atoms with van der Waals surface area (Å²) >= 11 is 0. The Morgan fingerprint density at radius 1 is 0.969 bits per heavy atom. The van der Waals surface area contributed by atoms with Crippen LogP contribution in [-0.4, -0.2) is 31.6 Å². The van der Waals surface area contributed by atoms with Gasteiger partial charge in [-0.15, -0.1) is 17.5 Å². The van der Waals surface area contributed by atoms with E-state index in [0.717, 1.165) is 61.7 Å². The second-order valence-electron chi connectivity index (χ2n) is 7.61. The van der Waals surface area contributed by atoms with Gasteiger partial charge in [-0.3, -0.25) is 5.10 Å². The smallest absolute Gasteiger partial charge is 0.162 e. The Morgan fingerprint density at radius 2 is 1.72 bits per heavy atom. The SMILES string of the molecule is CCOc1ccc(-n2c(C)c3c(C)nnc(Nc4ccc5[nH]ncc5c4)c3c2C)cc1.Cl. The van der Waals surface area contributed by atoms with E-state index < -0.39 is 0 Å². The van der Waals surface area contributed by atoms with Gasteiger partial charge in [0.1, 0.15) is 5.75 Å². The van der Waals surface area contributed by atoms with Gasteiger partial charge >= 0.3 is 0 Å². The van der Waals surface area contributed by atoms with E-state index in [4.69, 9.17) is 4.74 Å². The number of fused-ring (bicyclic) bond motifs is 2. The molecule has 5 aromatic rings. The van der Waals surface area contributed by atoms with E-state index in [9.17, 15) is 0 Å². The Labute approximate surface area is 192 Å². The van der Waals surface area contributed by atoms with Gasteiger partial charge in [0.05, 0.1) is 24.0 Å². The highest BCUT2D eigenvalue weighted by molar-refractivity contribution is 5.99. The first-order chi connectivity index (χ1) is 15.1. The summed E-state index contributed by atoms with van der Waals surface area (Å²) in [5.41, 5.74) is 6.19. The Bertz CT molecular complexity index is 1400. The molecule has 8 heteroatoms. The van der Waals surface area contributed by atoms with Crippen LogP contribution in [0.1, 0.15) is 24.0 Å². The van der Waals surface area contributed by atoms with Gasteiger partial charge in [0.25, 0.3) is 0 Å². The zero-order valence-corrected chi connectivity index (χ0v) is 19.2. The van der Waals surface area contributed by atoms with E-state index in [1.807, 2.05) is 44.3 Å². The fourth-order valence-electron chi connectivity index (χ4n) is 4.28. The molecule has 0 fully saturated rings. The summed E-state index contributed by atoms with van der Waals surface area (Å²) in [5.74, 6) is 1.61. The maximum absolute atomic E-state index is 5.60. The molecule has 0 atom stereocenters. The van der Waals surface area contributed by atoms with Crippen molar-refractivity contribution in [3.63, 3.8) is 0 Å². The van der Waals surface area contributed by atoms with Crippen LogP contribution in [0.2, 0.25) is 0 Å². The second kappa shape index (κ2) is 8.51. The molecule has 0 amide bonds. The summed E-state index contributed by atoms with van der Waals surface area (Å²) in [7, 11) is 0. The van der Waals surface area contributed by atoms with Gasteiger partial charge < -0.3 is 14.6 Å². The summed E-state index contributed by atoms with van der Waals surface area (Å²) in [5, 5.41) is 22.7. The van der Waals surface area contributed by atoms with Gasteiger partial charge in [0, 0.05) is 38.9 Å². The number of nitrogens with one attached hydrogen (secondary N) is 2. The molecular formula is C24H25ClN6O. The lowest BCUT2D eigenvalue weighted by Gasteiger charge is -2.11. The van der Waals surface area contributed by atoms with Crippen molar-refractivity contribution in [1.29, 1.82) is 0 Å². The van der Waals surface area contributed by atoms with Crippen molar-refractivity contribution in [1.82, 2.24) is 25.0 Å². The Balaban J connectivity index is 0.00000245.